The first-order valence-corrected chi connectivity index (χ1v) is 7.40. The van der Waals surface area contributed by atoms with E-state index in [0.717, 1.165) is 21.6 Å². The smallest absolute Gasteiger partial charge is 0.330 e. The van der Waals surface area contributed by atoms with E-state index in [2.05, 4.69) is 42.2 Å². The lowest BCUT2D eigenvalue weighted by atomic mass is 11.0. The summed E-state index contributed by atoms with van der Waals surface area (Å²) in [7, 11) is 1.50. The molecule has 0 aliphatic rings. The number of methoxy groups -OCH3 is 1. The minimum atomic E-state index is 0.284. The zero-order valence-corrected chi connectivity index (χ0v) is 12.0. The Hall–Kier alpha value is -1.33. The van der Waals surface area contributed by atoms with Crippen molar-refractivity contribution in [3.63, 3.8) is 0 Å². The maximum absolute atomic E-state index is 4.83. The lowest BCUT2D eigenvalue weighted by molar-refractivity contribution is 0.386. The van der Waals surface area contributed by atoms with Gasteiger partial charge in [-0.2, -0.15) is 4.98 Å². The van der Waals surface area contributed by atoms with Crippen molar-refractivity contribution in [2.75, 3.05) is 18.3 Å². The van der Waals surface area contributed by atoms with Crippen LogP contribution >= 0.6 is 34.6 Å². The van der Waals surface area contributed by atoms with Crippen molar-refractivity contribution < 1.29 is 4.74 Å². The number of ether oxygens (including phenoxy) is 1. The number of aromatic nitrogens is 4. The molecule has 0 radical (unpaired) electrons. The summed E-state index contributed by atoms with van der Waals surface area (Å²) in [6, 6.07) is 0.284. The van der Waals surface area contributed by atoms with Crippen molar-refractivity contribution in [1.82, 2.24) is 19.6 Å². The van der Waals surface area contributed by atoms with Gasteiger partial charge in [-0.25, -0.2) is 5.43 Å². The van der Waals surface area contributed by atoms with Crippen LogP contribution in [0.3, 0.4) is 0 Å². The van der Waals surface area contributed by atoms with Crippen molar-refractivity contribution in [3.05, 3.63) is 0 Å². The van der Waals surface area contributed by atoms with Gasteiger partial charge >= 0.3 is 6.01 Å². The number of nitrogens with one attached hydrogen (secondary N) is 1. The van der Waals surface area contributed by atoms with Gasteiger partial charge in [-0.05, 0) is 5.75 Å². The first-order valence-electron chi connectivity index (χ1n) is 4.82. The van der Waals surface area contributed by atoms with E-state index in [1.54, 1.807) is 11.8 Å². The van der Waals surface area contributed by atoms with Gasteiger partial charge in [-0.1, -0.05) is 40.4 Å². The van der Waals surface area contributed by atoms with Gasteiger partial charge in [0.1, 0.15) is 0 Å². The summed E-state index contributed by atoms with van der Waals surface area (Å²) in [5.74, 6) is 0.959. The summed E-state index contributed by atoms with van der Waals surface area (Å²) >= 11 is 4.15. The number of rotatable bonds is 6. The molecule has 2 aromatic heterocycles. The van der Waals surface area contributed by atoms with Gasteiger partial charge in [0.05, 0.1) is 7.11 Å². The summed E-state index contributed by atoms with van der Waals surface area (Å²) in [5, 5.41) is 16.5. The van der Waals surface area contributed by atoms with Crippen LogP contribution in [0.15, 0.2) is 14.7 Å². The molecule has 1 N–H and O–H groups in total. The van der Waals surface area contributed by atoms with Crippen LogP contribution in [0.2, 0.25) is 0 Å². The van der Waals surface area contributed by atoms with Gasteiger partial charge in [-0.3, -0.25) is 0 Å². The summed E-state index contributed by atoms with van der Waals surface area (Å²) in [4.78, 5) is 3.94. The molecule has 2 heterocycles. The first kappa shape index (κ1) is 13.1. The second-order valence-electron chi connectivity index (χ2n) is 2.68. The molecule has 0 fully saturated rings. The van der Waals surface area contributed by atoms with Crippen molar-refractivity contribution in [1.29, 1.82) is 0 Å². The highest BCUT2D eigenvalue weighted by Gasteiger charge is 2.03. The Labute approximate surface area is 115 Å². The molecule has 0 amide bonds. The maximum atomic E-state index is 4.83. The summed E-state index contributed by atoms with van der Waals surface area (Å²) in [6.07, 6.45) is 0. The zero-order chi connectivity index (χ0) is 12.8. The van der Waals surface area contributed by atoms with Gasteiger partial charge in [0.15, 0.2) is 4.34 Å². The highest BCUT2D eigenvalue weighted by atomic mass is 32.2. The average Bonchev–Trinajstić information content (AvgIpc) is 2.99. The van der Waals surface area contributed by atoms with Crippen LogP contribution in [0.1, 0.15) is 6.92 Å². The van der Waals surface area contributed by atoms with Crippen LogP contribution in [0, 0.1) is 0 Å². The summed E-state index contributed by atoms with van der Waals surface area (Å²) in [5.41, 5.74) is 2.69. The molecule has 11 heteroatoms. The molecule has 18 heavy (non-hydrogen) atoms. The molecule has 0 bridgehead atoms. The van der Waals surface area contributed by atoms with E-state index in [9.17, 15) is 0 Å². The van der Waals surface area contributed by atoms with Crippen LogP contribution in [-0.4, -0.2) is 32.4 Å². The first-order chi connectivity index (χ1) is 8.81. The predicted molar refractivity (Wildman–Crippen MR) is 70.9 cm³/mol. The molecular formula is C7H9N7OS3. The Kier molecular flexibility index (Phi) is 4.78. The van der Waals surface area contributed by atoms with Crippen molar-refractivity contribution >= 4 is 44.9 Å². The Morgan fingerprint density at radius 2 is 2.33 bits per heavy atom. The van der Waals surface area contributed by atoms with Crippen molar-refractivity contribution in [2.24, 2.45) is 10.3 Å². The topological polar surface area (TPSA) is 97.5 Å². The normalized spacial score (nSPS) is 11.0. The van der Waals surface area contributed by atoms with E-state index >= 15 is 0 Å². The number of thioether (sulfide) groups is 1. The number of anilines is 1. The Morgan fingerprint density at radius 3 is 3.06 bits per heavy atom. The van der Waals surface area contributed by atoms with E-state index < -0.39 is 0 Å². The highest BCUT2D eigenvalue weighted by Crippen LogP contribution is 2.25. The molecule has 0 saturated heterocycles. The molecule has 0 aromatic carbocycles. The van der Waals surface area contributed by atoms with E-state index in [0.29, 0.717) is 10.3 Å². The van der Waals surface area contributed by atoms with Crippen molar-refractivity contribution in [3.8, 4) is 6.01 Å². The lowest BCUT2D eigenvalue weighted by Gasteiger charge is -1.88. The van der Waals surface area contributed by atoms with Crippen molar-refractivity contribution in [2.45, 2.75) is 11.3 Å². The second-order valence-corrected chi connectivity index (χ2v) is 5.90. The molecule has 2 rings (SSSR count). The van der Waals surface area contributed by atoms with Crippen LogP contribution in [0.5, 0.6) is 6.01 Å². The molecule has 8 nitrogen and oxygen atoms in total. The zero-order valence-electron chi connectivity index (χ0n) is 9.52. The maximum Gasteiger partial charge on any atom is 0.330 e. The standard InChI is InChI=1S/C7H9N7OS3/c1-3-16-7-12-9-6(17-7)11-14-10-5-8-4(15-2)13-18-5/h3H2,1-2H3,(H,8,9,10,11,13). The van der Waals surface area contributed by atoms with Crippen LogP contribution in [0.4, 0.5) is 10.3 Å². The fourth-order valence-corrected chi connectivity index (χ4v) is 2.93. The van der Waals surface area contributed by atoms with Gasteiger partial charge in [0.2, 0.25) is 5.13 Å². The van der Waals surface area contributed by atoms with E-state index in [4.69, 9.17) is 4.74 Å². The summed E-state index contributed by atoms with van der Waals surface area (Å²) in [6.45, 7) is 2.06. The third-order valence-corrected chi connectivity index (χ3v) is 3.96. The van der Waals surface area contributed by atoms with Gasteiger partial charge in [-0.15, -0.1) is 14.6 Å². The molecular weight excluding hydrogens is 294 g/mol. The molecule has 0 atom stereocenters. The molecule has 0 saturated carbocycles. The molecule has 0 spiro atoms. The molecule has 96 valence electrons. The Morgan fingerprint density at radius 1 is 1.44 bits per heavy atom. The summed E-state index contributed by atoms with van der Waals surface area (Å²) < 4.78 is 9.62. The fourth-order valence-electron chi connectivity index (χ4n) is 0.873. The third kappa shape index (κ3) is 3.58. The van der Waals surface area contributed by atoms with Gasteiger partial charge in [0.25, 0.3) is 5.13 Å². The third-order valence-electron chi connectivity index (χ3n) is 1.53. The van der Waals surface area contributed by atoms with Gasteiger partial charge in [0, 0.05) is 11.5 Å². The number of nitrogens with zero attached hydrogens (tertiary/aromatic N) is 6. The minimum absolute atomic E-state index is 0.284. The van der Waals surface area contributed by atoms with Gasteiger partial charge < -0.3 is 4.74 Å². The second kappa shape index (κ2) is 6.56. The molecule has 0 unspecified atom stereocenters. The van der Waals surface area contributed by atoms with E-state index in [1.165, 1.54) is 18.4 Å². The lowest BCUT2D eigenvalue weighted by Crippen LogP contribution is -1.85. The number of hydrogen-bond donors (Lipinski definition) is 1. The Balaban J connectivity index is 1.89. The Bertz CT molecular complexity index is 525. The van der Waals surface area contributed by atoms with Crippen LogP contribution < -0.4 is 10.2 Å². The molecule has 2 aromatic rings. The fraction of sp³-hybridized carbons (Fsp3) is 0.429. The van der Waals surface area contributed by atoms with Crippen LogP contribution in [0.25, 0.3) is 0 Å². The molecule has 0 aliphatic carbocycles. The highest BCUT2D eigenvalue weighted by molar-refractivity contribution is 8.01. The predicted octanol–water partition coefficient (Wildman–Crippen LogP) is 2.62. The quantitative estimate of drug-likeness (QED) is 0.497. The number of hydrogen-bond acceptors (Lipinski definition) is 10. The van der Waals surface area contributed by atoms with E-state index in [1.807, 2.05) is 0 Å². The monoisotopic (exact) mass is 303 g/mol. The van der Waals surface area contributed by atoms with E-state index in [-0.39, 0.29) is 6.01 Å². The SMILES string of the molecule is CCSc1nnc(NN=Nc2nc(OC)ns2)s1. The minimum Gasteiger partial charge on any atom is -0.466 e. The average molecular weight is 303 g/mol. The van der Waals surface area contributed by atoms with Crippen LogP contribution in [-0.2, 0) is 0 Å². The molecule has 0 aliphatic heterocycles. The largest absolute Gasteiger partial charge is 0.466 e.